The van der Waals surface area contributed by atoms with Gasteiger partial charge in [-0.1, -0.05) is 5.92 Å². The summed E-state index contributed by atoms with van der Waals surface area (Å²) in [5.74, 6) is 2.16. The Morgan fingerprint density at radius 1 is 1.77 bits per heavy atom. The monoisotopic (exact) mass is 182 g/mol. The predicted octanol–water partition coefficient (Wildman–Crippen LogP) is -0.886. The first kappa shape index (κ1) is 10.0. The molecule has 4 heteroatoms. The van der Waals surface area contributed by atoms with Crippen molar-refractivity contribution < 1.29 is 9.53 Å². The summed E-state index contributed by atoms with van der Waals surface area (Å²) in [6.45, 7) is 3.92. The summed E-state index contributed by atoms with van der Waals surface area (Å²) in [4.78, 5) is 11.0. The van der Waals surface area contributed by atoms with Gasteiger partial charge in [0.1, 0.15) is 6.61 Å². The fourth-order valence-corrected chi connectivity index (χ4v) is 1.02. The molecule has 0 bridgehead atoms. The lowest BCUT2D eigenvalue weighted by atomic mass is 10.0. The Kier molecular flexibility index (Phi) is 3.29. The summed E-state index contributed by atoms with van der Waals surface area (Å²) >= 11 is 0. The van der Waals surface area contributed by atoms with E-state index in [1.54, 1.807) is 0 Å². The van der Waals surface area contributed by atoms with Crippen molar-refractivity contribution in [2.45, 2.75) is 12.5 Å². The van der Waals surface area contributed by atoms with Gasteiger partial charge in [0, 0.05) is 13.1 Å². The minimum Gasteiger partial charge on any atom is -0.363 e. The zero-order valence-corrected chi connectivity index (χ0v) is 7.72. The molecule has 0 aromatic carbocycles. The second kappa shape index (κ2) is 4.26. The Morgan fingerprint density at radius 2 is 2.46 bits per heavy atom. The minimum absolute atomic E-state index is 0.0832. The quantitative estimate of drug-likeness (QED) is 0.555. The number of hydrogen-bond donors (Lipinski definition) is 2. The average Bonchev–Trinajstić information content (AvgIpc) is 2.08. The number of carbonyl (C=O) groups excluding carboxylic acids is 1. The number of rotatable bonds is 4. The van der Waals surface area contributed by atoms with Gasteiger partial charge in [-0.2, -0.15) is 0 Å². The van der Waals surface area contributed by atoms with Crippen molar-refractivity contribution in [2.75, 3.05) is 26.2 Å². The van der Waals surface area contributed by atoms with Crippen LogP contribution in [0.25, 0.3) is 0 Å². The van der Waals surface area contributed by atoms with Crippen molar-refractivity contribution in [3.8, 4) is 12.3 Å². The number of amides is 1. The van der Waals surface area contributed by atoms with Crippen LogP contribution in [-0.4, -0.2) is 37.7 Å². The van der Waals surface area contributed by atoms with Crippen molar-refractivity contribution >= 4 is 5.91 Å². The summed E-state index contributed by atoms with van der Waals surface area (Å²) in [6, 6.07) is 0. The number of ether oxygens (including phenoxy) is 1. The first-order valence-corrected chi connectivity index (χ1v) is 4.21. The lowest BCUT2D eigenvalue weighted by Gasteiger charge is -2.38. The second-order valence-corrected chi connectivity index (χ2v) is 3.32. The van der Waals surface area contributed by atoms with Gasteiger partial charge in [0.2, 0.25) is 5.91 Å². The highest BCUT2D eigenvalue weighted by molar-refractivity contribution is 5.77. The van der Waals surface area contributed by atoms with Gasteiger partial charge >= 0.3 is 0 Å². The van der Waals surface area contributed by atoms with Gasteiger partial charge in [-0.3, -0.25) is 4.79 Å². The van der Waals surface area contributed by atoms with Gasteiger partial charge in [0.05, 0.1) is 12.1 Å². The van der Waals surface area contributed by atoms with Crippen molar-refractivity contribution in [1.29, 1.82) is 0 Å². The van der Waals surface area contributed by atoms with Gasteiger partial charge in [-0.15, -0.1) is 6.42 Å². The van der Waals surface area contributed by atoms with E-state index in [-0.39, 0.29) is 24.7 Å². The molecule has 1 fully saturated rings. The van der Waals surface area contributed by atoms with Crippen LogP contribution in [0.1, 0.15) is 6.92 Å². The van der Waals surface area contributed by atoms with Gasteiger partial charge < -0.3 is 15.4 Å². The molecule has 1 heterocycles. The lowest BCUT2D eigenvalue weighted by molar-refractivity contribution is -0.135. The number of terminal acetylenes is 1. The molecule has 1 aliphatic rings. The number of carbonyl (C=O) groups is 1. The van der Waals surface area contributed by atoms with Crippen LogP contribution < -0.4 is 10.6 Å². The number of hydrogen-bond acceptors (Lipinski definition) is 3. The molecule has 1 aliphatic heterocycles. The van der Waals surface area contributed by atoms with Gasteiger partial charge in [-0.05, 0) is 6.92 Å². The van der Waals surface area contributed by atoms with Crippen LogP contribution in [-0.2, 0) is 9.53 Å². The molecule has 2 N–H and O–H groups in total. The summed E-state index contributed by atoms with van der Waals surface area (Å²) in [5, 5.41) is 5.61. The maximum Gasteiger partial charge on any atom is 0.246 e. The van der Waals surface area contributed by atoms with Gasteiger partial charge in [-0.25, -0.2) is 0 Å². The summed E-state index contributed by atoms with van der Waals surface area (Å²) in [7, 11) is 0. The smallest absolute Gasteiger partial charge is 0.246 e. The molecule has 0 radical (unpaired) electrons. The van der Waals surface area contributed by atoms with Crippen LogP contribution in [0.4, 0.5) is 0 Å². The van der Waals surface area contributed by atoms with Crippen molar-refractivity contribution in [2.24, 2.45) is 0 Å². The highest BCUT2D eigenvalue weighted by Gasteiger charge is 2.32. The SMILES string of the molecule is C#CCNC(=O)COC1(C)CNC1. The van der Waals surface area contributed by atoms with E-state index < -0.39 is 0 Å². The fraction of sp³-hybridized carbons (Fsp3) is 0.667. The molecule has 0 unspecified atom stereocenters. The Hall–Kier alpha value is -1.05. The molecule has 0 atom stereocenters. The van der Waals surface area contributed by atoms with Crippen LogP contribution in [0, 0.1) is 12.3 Å². The number of nitrogens with one attached hydrogen (secondary N) is 2. The van der Waals surface area contributed by atoms with Crippen molar-refractivity contribution in [1.82, 2.24) is 10.6 Å². The van der Waals surface area contributed by atoms with E-state index >= 15 is 0 Å². The first-order chi connectivity index (χ1) is 6.16. The predicted molar refractivity (Wildman–Crippen MR) is 49.1 cm³/mol. The van der Waals surface area contributed by atoms with E-state index in [2.05, 4.69) is 16.6 Å². The maximum atomic E-state index is 11.0. The first-order valence-electron chi connectivity index (χ1n) is 4.21. The third-order valence-electron chi connectivity index (χ3n) is 1.94. The van der Waals surface area contributed by atoms with Crippen molar-refractivity contribution in [3.05, 3.63) is 0 Å². The summed E-state index contributed by atoms with van der Waals surface area (Å²) in [6.07, 6.45) is 4.98. The fourth-order valence-electron chi connectivity index (χ4n) is 1.02. The molecule has 0 aromatic heterocycles. The van der Waals surface area contributed by atoms with Crippen molar-refractivity contribution in [3.63, 3.8) is 0 Å². The molecule has 0 aromatic rings. The maximum absolute atomic E-state index is 11.0. The Labute approximate surface area is 78.0 Å². The Morgan fingerprint density at radius 3 is 2.92 bits per heavy atom. The molecule has 1 amide bonds. The molecule has 0 aliphatic carbocycles. The zero-order valence-electron chi connectivity index (χ0n) is 7.72. The molecular formula is C9H14N2O2. The highest BCUT2D eigenvalue weighted by atomic mass is 16.5. The second-order valence-electron chi connectivity index (χ2n) is 3.32. The molecule has 4 nitrogen and oxygen atoms in total. The van der Waals surface area contributed by atoms with E-state index in [4.69, 9.17) is 11.2 Å². The summed E-state index contributed by atoms with van der Waals surface area (Å²) in [5.41, 5.74) is -0.173. The van der Waals surface area contributed by atoms with E-state index in [0.29, 0.717) is 0 Å². The normalized spacial score (nSPS) is 18.5. The van der Waals surface area contributed by atoms with E-state index in [1.165, 1.54) is 0 Å². The van der Waals surface area contributed by atoms with Crippen LogP contribution >= 0.6 is 0 Å². The summed E-state index contributed by atoms with van der Waals surface area (Å²) < 4.78 is 5.38. The highest BCUT2D eigenvalue weighted by Crippen LogP contribution is 2.14. The van der Waals surface area contributed by atoms with Gasteiger partial charge in [0.25, 0.3) is 0 Å². The minimum atomic E-state index is -0.173. The van der Waals surface area contributed by atoms with E-state index in [0.717, 1.165) is 13.1 Å². The topological polar surface area (TPSA) is 50.4 Å². The largest absolute Gasteiger partial charge is 0.363 e. The van der Waals surface area contributed by atoms with Crippen LogP contribution in [0.5, 0.6) is 0 Å². The Bertz CT molecular complexity index is 228. The molecule has 0 saturated carbocycles. The zero-order chi connectivity index (χ0) is 9.73. The molecular weight excluding hydrogens is 168 g/mol. The molecule has 0 spiro atoms. The molecule has 1 rings (SSSR count). The average molecular weight is 182 g/mol. The van der Waals surface area contributed by atoms with Crippen LogP contribution in [0.2, 0.25) is 0 Å². The third kappa shape index (κ3) is 3.05. The van der Waals surface area contributed by atoms with Crippen LogP contribution in [0.15, 0.2) is 0 Å². The van der Waals surface area contributed by atoms with Gasteiger partial charge in [0.15, 0.2) is 0 Å². The lowest BCUT2D eigenvalue weighted by Crippen LogP contribution is -2.59. The molecule has 72 valence electrons. The van der Waals surface area contributed by atoms with E-state index in [9.17, 15) is 4.79 Å². The van der Waals surface area contributed by atoms with E-state index in [1.807, 2.05) is 6.92 Å². The Balaban J connectivity index is 2.11. The standard InChI is InChI=1S/C9H14N2O2/c1-3-4-11-8(12)5-13-9(2)6-10-7-9/h1,10H,4-7H2,2H3,(H,11,12). The molecule has 1 saturated heterocycles. The third-order valence-corrected chi connectivity index (χ3v) is 1.94. The molecule has 13 heavy (non-hydrogen) atoms. The van der Waals surface area contributed by atoms with Crippen LogP contribution in [0.3, 0.4) is 0 Å².